The van der Waals surface area contributed by atoms with Gasteiger partial charge in [0.05, 0.1) is 24.1 Å². The highest BCUT2D eigenvalue weighted by Crippen LogP contribution is 2.28. The van der Waals surface area contributed by atoms with E-state index in [1.54, 1.807) is 19.4 Å². The zero-order valence-corrected chi connectivity index (χ0v) is 21.1. The summed E-state index contributed by atoms with van der Waals surface area (Å²) in [6.07, 6.45) is 5.64. The standard InChI is InChI=1S/C27H31ClN6O2/c1-36-15-14-34-12-10-18-6-7-21(16-19(18)11-13-34)31-27-29-17-23(28)25(33-27)32-24-5-3-2-4-22(24)26(35)30-20-8-9-20/h2-7,16-17,20H,8-15H2,1H3,(H,30,35)(H2,29,31,32,33). The van der Waals surface area contributed by atoms with Gasteiger partial charge in [-0.15, -0.1) is 0 Å². The fourth-order valence-electron chi connectivity index (χ4n) is 4.35. The predicted octanol–water partition coefficient (Wildman–Crippen LogP) is 4.56. The molecule has 3 aromatic rings. The van der Waals surface area contributed by atoms with Gasteiger partial charge in [-0.25, -0.2) is 4.98 Å². The maximum absolute atomic E-state index is 12.7. The molecule has 2 heterocycles. The number of hydrogen-bond donors (Lipinski definition) is 3. The maximum atomic E-state index is 12.7. The summed E-state index contributed by atoms with van der Waals surface area (Å²) in [5.74, 6) is 0.761. The van der Waals surface area contributed by atoms with Crippen LogP contribution in [0.3, 0.4) is 0 Å². The van der Waals surface area contributed by atoms with Crippen LogP contribution >= 0.6 is 11.6 Å². The van der Waals surface area contributed by atoms with Gasteiger partial charge in [0.2, 0.25) is 5.95 Å². The Morgan fingerprint density at radius 2 is 1.92 bits per heavy atom. The van der Waals surface area contributed by atoms with Gasteiger partial charge in [-0.05, 0) is 61.1 Å². The largest absolute Gasteiger partial charge is 0.383 e. The second-order valence-electron chi connectivity index (χ2n) is 9.25. The highest BCUT2D eigenvalue weighted by Gasteiger charge is 2.25. The minimum atomic E-state index is -0.102. The van der Waals surface area contributed by atoms with Gasteiger partial charge in [0, 0.05) is 38.5 Å². The number of para-hydroxylation sites is 1. The van der Waals surface area contributed by atoms with Crippen molar-refractivity contribution in [2.24, 2.45) is 0 Å². The molecule has 1 saturated carbocycles. The highest BCUT2D eigenvalue weighted by molar-refractivity contribution is 6.33. The lowest BCUT2D eigenvalue weighted by molar-refractivity contribution is 0.0952. The SMILES string of the molecule is COCCN1CCc2ccc(Nc3ncc(Cl)c(Nc4ccccc4C(=O)NC4CC4)n3)cc2CC1. The Hall–Kier alpha value is -3.20. The number of fused-ring (bicyclic) bond motifs is 1. The van der Waals surface area contributed by atoms with Crippen molar-refractivity contribution >= 4 is 40.6 Å². The Morgan fingerprint density at radius 3 is 2.72 bits per heavy atom. The van der Waals surface area contributed by atoms with E-state index in [-0.39, 0.29) is 11.9 Å². The topological polar surface area (TPSA) is 91.4 Å². The van der Waals surface area contributed by atoms with Crippen LogP contribution in [0.5, 0.6) is 0 Å². The average Bonchev–Trinajstić information content (AvgIpc) is 3.72. The lowest BCUT2D eigenvalue weighted by Crippen LogP contribution is -2.29. The second-order valence-corrected chi connectivity index (χ2v) is 9.66. The van der Waals surface area contributed by atoms with Crippen molar-refractivity contribution in [1.29, 1.82) is 0 Å². The summed E-state index contributed by atoms with van der Waals surface area (Å²) in [5, 5.41) is 9.94. The number of nitrogens with zero attached hydrogens (tertiary/aromatic N) is 3. The summed E-state index contributed by atoms with van der Waals surface area (Å²) >= 11 is 6.41. The van der Waals surface area contributed by atoms with Crippen LogP contribution in [0.2, 0.25) is 5.02 Å². The van der Waals surface area contributed by atoms with E-state index < -0.39 is 0 Å². The summed E-state index contributed by atoms with van der Waals surface area (Å²) in [6.45, 7) is 3.76. The Balaban J connectivity index is 1.30. The van der Waals surface area contributed by atoms with Crippen molar-refractivity contribution in [3.05, 3.63) is 70.4 Å². The zero-order valence-electron chi connectivity index (χ0n) is 20.4. The highest BCUT2D eigenvalue weighted by atomic mass is 35.5. The predicted molar refractivity (Wildman–Crippen MR) is 143 cm³/mol. The van der Waals surface area contributed by atoms with Gasteiger partial charge >= 0.3 is 0 Å². The number of carbonyl (C=O) groups excluding carboxylic acids is 1. The van der Waals surface area contributed by atoms with Crippen LogP contribution in [0, 0.1) is 0 Å². The number of anilines is 4. The lowest BCUT2D eigenvalue weighted by Gasteiger charge is -2.18. The molecule has 1 aliphatic carbocycles. The molecule has 1 aliphatic heterocycles. The molecule has 0 radical (unpaired) electrons. The van der Waals surface area contributed by atoms with Crippen molar-refractivity contribution in [3.8, 4) is 0 Å². The third-order valence-corrected chi connectivity index (χ3v) is 6.83. The molecule has 0 unspecified atom stereocenters. The molecule has 5 rings (SSSR count). The molecular formula is C27H31ClN6O2. The van der Waals surface area contributed by atoms with Gasteiger partial charge in [-0.1, -0.05) is 29.8 Å². The van der Waals surface area contributed by atoms with E-state index in [9.17, 15) is 4.79 Å². The first-order chi connectivity index (χ1) is 17.6. The van der Waals surface area contributed by atoms with Gasteiger partial charge in [0.25, 0.3) is 5.91 Å². The molecule has 9 heteroatoms. The van der Waals surface area contributed by atoms with Crippen LogP contribution in [0.4, 0.5) is 23.1 Å². The number of benzene rings is 2. The molecule has 8 nitrogen and oxygen atoms in total. The van der Waals surface area contributed by atoms with Gasteiger partial charge in [0.15, 0.2) is 5.82 Å². The molecule has 0 saturated heterocycles. The quantitative estimate of drug-likeness (QED) is 0.392. The maximum Gasteiger partial charge on any atom is 0.253 e. The molecule has 1 aromatic heterocycles. The van der Waals surface area contributed by atoms with Crippen molar-refractivity contribution < 1.29 is 9.53 Å². The van der Waals surface area contributed by atoms with E-state index in [0.717, 1.165) is 57.6 Å². The first-order valence-corrected chi connectivity index (χ1v) is 12.8. The number of hydrogen-bond acceptors (Lipinski definition) is 7. The lowest BCUT2D eigenvalue weighted by atomic mass is 10.0. The normalized spacial score (nSPS) is 15.6. The van der Waals surface area contributed by atoms with Crippen LogP contribution < -0.4 is 16.0 Å². The molecule has 3 N–H and O–H groups in total. The number of carbonyl (C=O) groups is 1. The smallest absolute Gasteiger partial charge is 0.253 e. The summed E-state index contributed by atoms with van der Waals surface area (Å²) in [6, 6.07) is 14.0. The molecule has 188 valence electrons. The number of nitrogens with one attached hydrogen (secondary N) is 3. The first-order valence-electron chi connectivity index (χ1n) is 12.4. The molecule has 0 atom stereocenters. The summed E-state index contributed by atoms with van der Waals surface area (Å²) in [5.41, 5.74) is 4.84. The van der Waals surface area contributed by atoms with Crippen molar-refractivity contribution in [3.63, 3.8) is 0 Å². The number of ether oxygens (including phenoxy) is 1. The van der Waals surface area contributed by atoms with Crippen LogP contribution in [-0.4, -0.2) is 60.2 Å². The monoisotopic (exact) mass is 506 g/mol. The average molecular weight is 507 g/mol. The second kappa shape index (κ2) is 11.2. The van der Waals surface area contributed by atoms with Crippen LogP contribution in [0.15, 0.2) is 48.7 Å². The van der Waals surface area contributed by atoms with Crippen LogP contribution in [0.25, 0.3) is 0 Å². The Bertz CT molecular complexity index is 1230. The van der Waals surface area contributed by atoms with E-state index in [1.807, 2.05) is 18.2 Å². The number of methoxy groups -OCH3 is 1. The minimum absolute atomic E-state index is 0.102. The van der Waals surface area contributed by atoms with Gasteiger partial charge in [-0.2, -0.15) is 4.98 Å². The van der Waals surface area contributed by atoms with Crippen molar-refractivity contribution in [1.82, 2.24) is 20.2 Å². The van der Waals surface area contributed by atoms with Crippen LogP contribution in [-0.2, 0) is 17.6 Å². The molecule has 0 spiro atoms. The third kappa shape index (κ3) is 6.13. The van der Waals surface area contributed by atoms with E-state index in [1.165, 1.54) is 11.1 Å². The summed E-state index contributed by atoms with van der Waals surface area (Å²) in [7, 11) is 1.74. The van der Waals surface area contributed by atoms with E-state index in [2.05, 4.69) is 49.0 Å². The number of aromatic nitrogens is 2. The van der Waals surface area contributed by atoms with Gasteiger partial charge < -0.3 is 25.6 Å². The number of halogens is 1. The summed E-state index contributed by atoms with van der Waals surface area (Å²) < 4.78 is 5.24. The molecule has 2 aliphatic rings. The van der Waals surface area contributed by atoms with E-state index >= 15 is 0 Å². The van der Waals surface area contributed by atoms with E-state index in [0.29, 0.717) is 28.0 Å². The van der Waals surface area contributed by atoms with Crippen molar-refractivity contribution in [2.45, 2.75) is 31.7 Å². The van der Waals surface area contributed by atoms with Crippen molar-refractivity contribution in [2.75, 3.05) is 44.0 Å². The molecule has 2 aromatic carbocycles. The Labute approximate surface area is 216 Å². The first kappa shape index (κ1) is 24.5. The molecule has 1 fully saturated rings. The van der Waals surface area contributed by atoms with Gasteiger partial charge in [0.1, 0.15) is 5.02 Å². The number of amides is 1. The minimum Gasteiger partial charge on any atom is -0.383 e. The molecule has 36 heavy (non-hydrogen) atoms. The van der Waals surface area contributed by atoms with Gasteiger partial charge in [-0.3, -0.25) is 4.79 Å². The number of rotatable bonds is 9. The fourth-order valence-corrected chi connectivity index (χ4v) is 4.48. The van der Waals surface area contributed by atoms with E-state index in [4.69, 9.17) is 16.3 Å². The fraction of sp³-hybridized carbons (Fsp3) is 0.370. The molecule has 0 bridgehead atoms. The zero-order chi connectivity index (χ0) is 24.9. The molecule has 1 amide bonds. The third-order valence-electron chi connectivity index (χ3n) is 6.55. The Kier molecular flexibility index (Phi) is 7.65. The Morgan fingerprint density at radius 1 is 1.11 bits per heavy atom. The molecular weight excluding hydrogens is 476 g/mol. The van der Waals surface area contributed by atoms with Crippen LogP contribution in [0.1, 0.15) is 34.3 Å². The summed E-state index contributed by atoms with van der Waals surface area (Å²) in [4.78, 5) is 24.1.